The standard InChI is InChI=1S/C13H19NO5/c1-8-6-13(2,3)7-14(8)9(11(16)18-4)10(15)12(17)19-5/h6-7H2,1-5H3. The van der Waals surface area contributed by atoms with Gasteiger partial charge in [-0.15, -0.1) is 0 Å². The molecule has 0 N–H and O–H groups in total. The highest BCUT2D eigenvalue weighted by molar-refractivity contribution is 5.97. The predicted octanol–water partition coefficient (Wildman–Crippen LogP) is -0.192. The Morgan fingerprint density at radius 2 is 1.74 bits per heavy atom. The third-order valence-electron chi connectivity index (χ3n) is 3.02. The third kappa shape index (κ3) is 3.13. The maximum Gasteiger partial charge on any atom is 0.403 e. The first-order valence-corrected chi connectivity index (χ1v) is 5.91. The highest BCUT2D eigenvalue weighted by Crippen LogP contribution is 2.29. The molecule has 0 radical (unpaired) electrons. The summed E-state index contributed by atoms with van der Waals surface area (Å²) in [6, 6.07) is 0. The number of carbonyl (C=O) groups is 2. The van der Waals surface area contributed by atoms with Crippen LogP contribution in [0.15, 0.2) is 11.5 Å². The van der Waals surface area contributed by atoms with E-state index in [-0.39, 0.29) is 11.1 Å². The molecule has 0 aliphatic carbocycles. The van der Waals surface area contributed by atoms with Gasteiger partial charge in [-0.2, -0.15) is 4.58 Å². The summed E-state index contributed by atoms with van der Waals surface area (Å²) in [4.78, 5) is 23.1. The van der Waals surface area contributed by atoms with Gasteiger partial charge >= 0.3 is 11.9 Å². The van der Waals surface area contributed by atoms with Gasteiger partial charge in [0.15, 0.2) is 12.3 Å². The van der Waals surface area contributed by atoms with Crippen molar-refractivity contribution in [2.24, 2.45) is 5.41 Å². The van der Waals surface area contributed by atoms with Crippen molar-refractivity contribution < 1.29 is 28.7 Å². The van der Waals surface area contributed by atoms with Gasteiger partial charge in [0.2, 0.25) is 0 Å². The SMILES string of the molecule is COC(=O)/C([O-])=C(\C(=O)OC)[N+]1=C(C)CC(C)(C)C1. The Labute approximate surface area is 112 Å². The number of rotatable bonds is 3. The fraction of sp³-hybridized carbons (Fsp3) is 0.615. The number of esters is 2. The lowest BCUT2D eigenvalue weighted by Crippen LogP contribution is -2.31. The van der Waals surface area contributed by atoms with Crippen LogP contribution in [-0.2, 0) is 19.1 Å². The molecule has 0 aromatic rings. The lowest BCUT2D eigenvalue weighted by Gasteiger charge is -2.15. The van der Waals surface area contributed by atoms with Gasteiger partial charge in [-0.25, -0.2) is 9.59 Å². The van der Waals surface area contributed by atoms with Crippen molar-refractivity contribution in [2.75, 3.05) is 20.8 Å². The van der Waals surface area contributed by atoms with Crippen LogP contribution in [0.25, 0.3) is 0 Å². The fourth-order valence-electron chi connectivity index (χ4n) is 2.29. The van der Waals surface area contributed by atoms with Crippen LogP contribution in [0.2, 0.25) is 0 Å². The Bertz CT molecular complexity index is 473. The van der Waals surface area contributed by atoms with Crippen molar-refractivity contribution in [1.29, 1.82) is 0 Å². The van der Waals surface area contributed by atoms with E-state index in [1.165, 1.54) is 7.11 Å². The van der Waals surface area contributed by atoms with Gasteiger partial charge in [-0.1, -0.05) is 13.8 Å². The molecule has 106 valence electrons. The summed E-state index contributed by atoms with van der Waals surface area (Å²) in [5.74, 6) is -2.88. The predicted molar refractivity (Wildman–Crippen MR) is 65.3 cm³/mol. The quantitative estimate of drug-likeness (QED) is 0.307. The summed E-state index contributed by atoms with van der Waals surface area (Å²) >= 11 is 0. The number of hydrogen-bond acceptors (Lipinski definition) is 5. The van der Waals surface area contributed by atoms with E-state index in [1.54, 1.807) is 4.58 Å². The Morgan fingerprint density at radius 1 is 1.21 bits per heavy atom. The zero-order chi connectivity index (χ0) is 14.8. The molecule has 1 heterocycles. The maximum atomic E-state index is 12.0. The van der Waals surface area contributed by atoms with Crippen molar-refractivity contribution in [3.63, 3.8) is 0 Å². The Kier molecular flexibility index (Phi) is 4.34. The van der Waals surface area contributed by atoms with Crippen molar-refractivity contribution in [2.45, 2.75) is 27.2 Å². The van der Waals surface area contributed by atoms with Crippen LogP contribution in [0.3, 0.4) is 0 Å². The fourth-order valence-corrected chi connectivity index (χ4v) is 2.29. The minimum atomic E-state index is -1.07. The van der Waals surface area contributed by atoms with E-state index in [1.807, 2.05) is 20.8 Å². The molecule has 0 unspecified atom stereocenters. The summed E-state index contributed by atoms with van der Waals surface area (Å²) < 4.78 is 10.5. The first kappa shape index (κ1) is 15.2. The summed E-state index contributed by atoms with van der Waals surface area (Å²) in [7, 11) is 2.27. The smallest absolute Gasteiger partial charge is 0.403 e. The Hall–Kier alpha value is -1.85. The molecule has 0 atom stereocenters. The van der Waals surface area contributed by atoms with E-state index in [4.69, 9.17) is 0 Å². The molecule has 1 aliphatic rings. The molecule has 6 heteroatoms. The molecule has 0 spiro atoms. The van der Waals surface area contributed by atoms with Gasteiger partial charge in [0.25, 0.3) is 5.70 Å². The molecular weight excluding hydrogens is 250 g/mol. The molecule has 0 aromatic carbocycles. The number of ether oxygens (including phenoxy) is 2. The van der Waals surface area contributed by atoms with Crippen LogP contribution in [0.4, 0.5) is 0 Å². The van der Waals surface area contributed by atoms with Crippen LogP contribution in [-0.4, -0.2) is 43.0 Å². The number of methoxy groups -OCH3 is 2. The summed E-state index contributed by atoms with van der Waals surface area (Å²) in [5, 5.41) is 12.0. The average Bonchev–Trinajstić information content (AvgIpc) is 2.61. The maximum absolute atomic E-state index is 12.0. The van der Waals surface area contributed by atoms with Crippen molar-refractivity contribution in [3.8, 4) is 0 Å². The van der Waals surface area contributed by atoms with E-state index in [2.05, 4.69) is 9.47 Å². The highest BCUT2D eigenvalue weighted by Gasteiger charge is 2.41. The van der Waals surface area contributed by atoms with E-state index in [0.717, 1.165) is 19.2 Å². The summed E-state index contributed by atoms with van der Waals surface area (Å²) in [6.07, 6.45) is 0.738. The van der Waals surface area contributed by atoms with Crippen LogP contribution >= 0.6 is 0 Å². The summed E-state index contributed by atoms with van der Waals surface area (Å²) in [5.41, 5.74) is 0.500. The molecule has 0 fully saturated rings. The molecule has 0 bridgehead atoms. The van der Waals surface area contributed by atoms with Crippen LogP contribution in [0.5, 0.6) is 0 Å². The van der Waals surface area contributed by atoms with Gasteiger partial charge < -0.3 is 14.6 Å². The Balaban J connectivity index is 3.32. The van der Waals surface area contributed by atoms with E-state index < -0.39 is 17.7 Å². The molecular formula is C13H19NO5. The van der Waals surface area contributed by atoms with E-state index in [0.29, 0.717) is 6.54 Å². The van der Waals surface area contributed by atoms with Gasteiger partial charge in [-0.3, -0.25) is 0 Å². The summed E-state index contributed by atoms with van der Waals surface area (Å²) in [6.45, 7) is 6.34. The molecule has 0 saturated carbocycles. The van der Waals surface area contributed by atoms with Crippen molar-refractivity contribution in [3.05, 3.63) is 11.5 Å². The molecule has 1 rings (SSSR count). The second-order valence-electron chi connectivity index (χ2n) is 5.32. The molecule has 1 aliphatic heterocycles. The largest absolute Gasteiger partial charge is 0.863 e. The van der Waals surface area contributed by atoms with Gasteiger partial charge in [-0.05, 0) is 0 Å². The molecule has 19 heavy (non-hydrogen) atoms. The normalized spacial score (nSPS) is 19.0. The Morgan fingerprint density at radius 3 is 2.11 bits per heavy atom. The van der Waals surface area contributed by atoms with Gasteiger partial charge in [0, 0.05) is 18.8 Å². The minimum absolute atomic E-state index is 0.0697. The van der Waals surface area contributed by atoms with Crippen LogP contribution in [0.1, 0.15) is 27.2 Å². The molecule has 0 saturated heterocycles. The highest BCUT2D eigenvalue weighted by atomic mass is 16.5. The minimum Gasteiger partial charge on any atom is -0.863 e. The molecule has 6 nitrogen and oxygen atoms in total. The first-order valence-electron chi connectivity index (χ1n) is 5.91. The van der Waals surface area contributed by atoms with Crippen molar-refractivity contribution in [1.82, 2.24) is 0 Å². The second-order valence-corrected chi connectivity index (χ2v) is 5.32. The van der Waals surface area contributed by atoms with E-state index in [9.17, 15) is 14.7 Å². The topological polar surface area (TPSA) is 78.7 Å². The lowest BCUT2D eigenvalue weighted by atomic mass is 9.91. The second kappa shape index (κ2) is 5.42. The molecule has 0 amide bonds. The van der Waals surface area contributed by atoms with Crippen LogP contribution < -0.4 is 5.11 Å². The van der Waals surface area contributed by atoms with Crippen molar-refractivity contribution >= 4 is 17.7 Å². The van der Waals surface area contributed by atoms with Crippen LogP contribution in [0, 0.1) is 5.41 Å². The monoisotopic (exact) mass is 269 g/mol. The number of carbonyl (C=O) groups excluding carboxylic acids is 2. The van der Waals surface area contributed by atoms with Gasteiger partial charge in [0.05, 0.1) is 20.0 Å². The third-order valence-corrected chi connectivity index (χ3v) is 3.02. The van der Waals surface area contributed by atoms with Gasteiger partial charge in [0.1, 0.15) is 0 Å². The number of nitrogens with zero attached hydrogens (tertiary/aromatic N) is 1. The average molecular weight is 269 g/mol. The van der Waals surface area contributed by atoms with E-state index >= 15 is 0 Å². The number of hydrogen-bond donors (Lipinski definition) is 0. The zero-order valence-corrected chi connectivity index (χ0v) is 11.9. The zero-order valence-electron chi connectivity index (χ0n) is 11.9. The lowest BCUT2D eigenvalue weighted by molar-refractivity contribution is -0.486. The first-order chi connectivity index (χ1) is 8.73. The molecule has 0 aromatic heterocycles.